The highest BCUT2D eigenvalue weighted by Crippen LogP contribution is 2.18. The van der Waals surface area contributed by atoms with Crippen molar-refractivity contribution in [1.29, 1.82) is 0 Å². The number of benzene rings is 1. The van der Waals surface area contributed by atoms with Crippen LogP contribution in [0, 0.1) is 11.6 Å². The Hall–Kier alpha value is -2.81. The quantitative estimate of drug-likeness (QED) is 0.687. The number of aromatic nitrogens is 2. The third kappa shape index (κ3) is 3.08. The molecule has 0 N–H and O–H groups in total. The van der Waals surface area contributed by atoms with E-state index < -0.39 is 22.9 Å². The van der Waals surface area contributed by atoms with Gasteiger partial charge in [-0.3, -0.25) is 14.2 Å². The van der Waals surface area contributed by atoms with E-state index in [-0.39, 0.29) is 22.8 Å². The number of amides is 1. The number of hydrogen-bond acceptors (Lipinski definition) is 4. The molecule has 9 heteroatoms. The summed E-state index contributed by atoms with van der Waals surface area (Å²) >= 11 is 1.11. The molecule has 1 amide bonds. The maximum Gasteiger partial charge on any atom is 0.336 e. The molecule has 0 radical (unpaired) electrons. The molecule has 1 fully saturated rings. The Bertz CT molecular complexity index is 1140. The summed E-state index contributed by atoms with van der Waals surface area (Å²) in [5, 5.41) is 1.64. The van der Waals surface area contributed by atoms with Gasteiger partial charge in [-0.05, 0) is 36.4 Å². The largest absolute Gasteiger partial charge is 0.341 e. The fraction of sp³-hybridized carbons (Fsp3) is 0.278. The van der Waals surface area contributed by atoms with Crippen LogP contribution in [-0.2, 0) is 11.3 Å². The van der Waals surface area contributed by atoms with Crippen LogP contribution in [0.5, 0.6) is 0 Å². The molecule has 27 heavy (non-hydrogen) atoms. The van der Waals surface area contributed by atoms with E-state index in [0.29, 0.717) is 29.2 Å². The minimum absolute atomic E-state index is 0.208. The molecule has 0 unspecified atom stereocenters. The van der Waals surface area contributed by atoms with Crippen molar-refractivity contribution in [3.63, 3.8) is 0 Å². The Morgan fingerprint density at radius 1 is 1.07 bits per heavy atom. The zero-order valence-electron chi connectivity index (χ0n) is 14.2. The molecule has 1 aliphatic rings. The van der Waals surface area contributed by atoms with Crippen LogP contribution in [0.2, 0.25) is 0 Å². The number of thiophene rings is 1. The third-order valence-corrected chi connectivity index (χ3v) is 5.50. The summed E-state index contributed by atoms with van der Waals surface area (Å²) in [6.45, 7) is 1.04. The normalized spacial score (nSPS) is 14.2. The fourth-order valence-electron chi connectivity index (χ4n) is 3.34. The smallest absolute Gasteiger partial charge is 0.336 e. The van der Waals surface area contributed by atoms with Gasteiger partial charge in [0.15, 0.2) is 0 Å². The average Bonchev–Trinajstić information content (AvgIpc) is 3.29. The summed E-state index contributed by atoms with van der Waals surface area (Å²) < 4.78 is 29.4. The van der Waals surface area contributed by atoms with Crippen molar-refractivity contribution in [3.05, 3.63) is 62.1 Å². The van der Waals surface area contributed by atoms with Crippen LogP contribution >= 0.6 is 11.3 Å². The molecule has 1 saturated heterocycles. The molecule has 0 saturated carbocycles. The van der Waals surface area contributed by atoms with Crippen LogP contribution in [0.4, 0.5) is 8.78 Å². The maximum absolute atomic E-state index is 13.6. The van der Waals surface area contributed by atoms with E-state index in [1.165, 1.54) is 4.57 Å². The van der Waals surface area contributed by atoms with E-state index >= 15 is 0 Å². The molecule has 0 spiro atoms. The van der Waals surface area contributed by atoms with Gasteiger partial charge in [-0.1, -0.05) is 0 Å². The van der Waals surface area contributed by atoms with Gasteiger partial charge in [-0.2, -0.15) is 0 Å². The number of hydrogen-bond donors (Lipinski definition) is 0. The minimum atomic E-state index is -0.901. The predicted molar refractivity (Wildman–Crippen MR) is 97.4 cm³/mol. The number of likely N-dealkylation sites (tertiary alicyclic amines) is 1. The molecule has 140 valence electrons. The van der Waals surface area contributed by atoms with Crippen molar-refractivity contribution in [3.8, 4) is 5.69 Å². The van der Waals surface area contributed by atoms with Crippen LogP contribution in [0.3, 0.4) is 0 Å². The van der Waals surface area contributed by atoms with E-state index in [2.05, 4.69) is 0 Å². The SMILES string of the molecule is O=C(Cn1c(=O)n(-c2cc(F)cc(F)c2)c(=O)c2sccc21)N1CCCC1. The predicted octanol–water partition coefficient (Wildman–Crippen LogP) is 2.11. The van der Waals surface area contributed by atoms with Crippen LogP contribution < -0.4 is 11.2 Å². The van der Waals surface area contributed by atoms with Crippen LogP contribution in [0.15, 0.2) is 39.2 Å². The first-order valence-electron chi connectivity index (χ1n) is 8.43. The maximum atomic E-state index is 13.6. The highest BCUT2D eigenvalue weighted by molar-refractivity contribution is 7.17. The lowest BCUT2D eigenvalue weighted by Crippen LogP contribution is -2.42. The number of halogens is 2. The van der Waals surface area contributed by atoms with Gasteiger partial charge in [-0.25, -0.2) is 18.1 Å². The zero-order chi connectivity index (χ0) is 19.1. The summed E-state index contributed by atoms with van der Waals surface area (Å²) in [5.41, 5.74) is -1.33. The first kappa shape index (κ1) is 17.6. The Balaban J connectivity index is 1.91. The van der Waals surface area contributed by atoms with E-state index in [0.717, 1.165) is 36.3 Å². The van der Waals surface area contributed by atoms with Gasteiger partial charge < -0.3 is 4.90 Å². The Labute approximate surface area is 155 Å². The van der Waals surface area contributed by atoms with Crippen LogP contribution in [0.1, 0.15) is 12.8 Å². The third-order valence-electron chi connectivity index (χ3n) is 4.61. The first-order chi connectivity index (χ1) is 13.0. The Kier molecular flexibility index (Phi) is 4.39. The fourth-order valence-corrected chi connectivity index (χ4v) is 4.16. The average molecular weight is 391 g/mol. The van der Waals surface area contributed by atoms with E-state index in [4.69, 9.17) is 0 Å². The molecular formula is C18H15F2N3O3S. The highest BCUT2D eigenvalue weighted by atomic mass is 32.1. The molecule has 0 bridgehead atoms. The molecule has 0 aliphatic carbocycles. The van der Waals surface area contributed by atoms with E-state index in [9.17, 15) is 23.2 Å². The van der Waals surface area contributed by atoms with Gasteiger partial charge in [0, 0.05) is 19.2 Å². The van der Waals surface area contributed by atoms with Crippen molar-refractivity contribution in [2.45, 2.75) is 19.4 Å². The molecule has 2 aromatic heterocycles. The molecule has 3 aromatic rings. The van der Waals surface area contributed by atoms with Gasteiger partial charge >= 0.3 is 5.69 Å². The van der Waals surface area contributed by atoms with Crippen LogP contribution in [0.25, 0.3) is 15.9 Å². The second-order valence-electron chi connectivity index (χ2n) is 6.36. The van der Waals surface area contributed by atoms with Crippen molar-refractivity contribution in [2.24, 2.45) is 0 Å². The summed E-state index contributed by atoms with van der Waals surface area (Å²) in [6, 6.07) is 4.08. The molecule has 1 aliphatic heterocycles. The molecule has 0 atom stereocenters. The standard InChI is InChI=1S/C18H15F2N3O3S/c19-11-7-12(20)9-13(8-11)23-17(25)16-14(3-6-27-16)22(18(23)26)10-15(24)21-4-1-2-5-21/h3,6-9H,1-2,4-5,10H2. The van der Waals surface area contributed by atoms with E-state index in [1.807, 2.05) is 0 Å². The van der Waals surface area contributed by atoms with Crippen molar-refractivity contribution in [2.75, 3.05) is 13.1 Å². The molecule has 4 rings (SSSR count). The van der Waals surface area contributed by atoms with Gasteiger partial charge in [0.05, 0.1) is 11.2 Å². The number of carbonyl (C=O) groups excluding carboxylic acids is 1. The first-order valence-corrected chi connectivity index (χ1v) is 9.31. The molecule has 1 aromatic carbocycles. The van der Waals surface area contributed by atoms with Gasteiger partial charge in [0.25, 0.3) is 5.56 Å². The summed E-state index contributed by atoms with van der Waals surface area (Å²) in [6.07, 6.45) is 1.83. The summed E-state index contributed by atoms with van der Waals surface area (Å²) in [4.78, 5) is 39.9. The minimum Gasteiger partial charge on any atom is -0.341 e. The summed E-state index contributed by atoms with van der Waals surface area (Å²) in [7, 11) is 0. The number of nitrogens with zero attached hydrogens (tertiary/aromatic N) is 3. The molecule has 6 nitrogen and oxygen atoms in total. The van der Waals surface area contributed by atoms with Crippen molar-refractivity contribution in [1.82, 2.24) is 14.0 Å². The monoisotopic (exact) mass is 391 g/mol. The van der Waals surface area contributed by atoms with E-state index in [1.54, 1.807) is 16.3 Å². The second-order valence-corrected chi connectivity index (χ2v) is 7.28. The Morgan fingerprint density at radius 3 is 2.41 bits per heavy atom. The van der Waals surface area contributed by atoms with Gasteiger partial charge in [-0.15, -0.1) is 11.3 Å². The van der Waals surface area contributed by atoms with Gasteiger partial charge in [0.1, 0.15) is 22.9 Å². The lowest BCUT2D eigenvalue weighted by Gasteiger charge is -2.17. The lowest BCUT2D eigenvalue weighted by atomic mass is 10.3. The number of fused-ring (bicyclic) bond motifs is 1. The van der Waals surface area contributed by atoms with Crippen molar-refractivity contribution < 1.29 is 13.6 Å². The molecule has 3 heterocycles. The summed E-state index contributed by atoms with van der Waals surface area (Å²) in [5.74, 6) is -2.03. The zero-order valence-corrected chi connectivity index (χ0v) is 15.0. The second kappa shape index (κ2) is 6.73. The number of rotatable bonds is 3. The van der Waals surface area contributed by atoms with Crippen LogP contribution in [-0.4, -0.2) is 33.0 Å². The molecular weight excluding hydrogens is 376 g/mol. The van der Waals surface area contributed by atoms with Crippen molar-refractivity contribution >= 4 is 27.5 Å². The highest BCUT2D eigenvalue weighted by Gasteiger charge is 2.22. The van der Waals surface area contributed by atoms with Gasteiger partial charge in [0.2, 0.25) is 5.91 Å². The lowest BCUT2D eigenvalue weighted by molar-refractivity contribution is -0.130. The Morgan fingerprint density at radius 2 is 1.74 bits per heavy atom. The number of carbonyl (C=O) groups is 1. The topological polar surface area (TPSA) is 64.3 Å².